The first-order valence-corrected chi connectivity index (χ1v) is 8.75. The molecule has 5 heteroatoms. The van der Waals surface area contributed by atoms with Crippen molar-refractivity contribution in [2.75, 3.05) is 39.2 Å². The third-order valence-corrected chi connectivity index (χ3v) is 4.40. The van der Waals surface area contributed by atoms with Crippen LogP contribution in [0.15, 0.2) is 24.3 Å². The molecule has 1 atom stereocenters. The first-order chi connectivity index (χ1) is 11.5. The maximum absolute atomic E-state index is 12.4. The number of anilines is 1. The lowest BCUT2D eigenvalue weighted by atomic mass is 10.0. The summed E-state index contributed by atoms with van der Waals surface area (Å²) in [6.07, 6.45) is 2.13. The van der Waals surface area contributed by atoms with Crippen LogP contribution in [0.4, 0.5) is 5.69 Å². The minimum atomic E-state index is -0.144. The lowest BCUT2D eigenvalue weighted by Gasteiger charge is -2.26. The van der Waals surface area contributed by atoms with Gasteiger partial charge in [-0.1, -0.05) is 13.8 Å². The molecule has 0 aromatic heterocycles. The summed E-state index contributed by atoms with van der Waals surface area (Å²) in [6, 6.07) is 7.47. The van der Waals surface area contributed by atoms with Gasteiger partial charge in [-0.05, 0) is 63.0 Å². The number of nitrogens with one attached hydrogen (secondary N) is 1. The molecule has 1 aromatic rings. The molecule has 1 N–H and O–H groups in total. The maximum atomic E-state index is 12.4. The average molecular weight is 334 g/mol. The predicted octanol–water partition coefficient (Wildman–Crippen LogP) is 3.02. The molecule has 24 heavy (non-hydrogen) atoms. The summed E-state index contributed by atoms with van der Waals surface area (Å²) in [7, 11) is 3.86. The van der Waals surface area contributed by atoms with Crippen molar-refractivity contribution in [3.63, 3.8) is 0 Å². The number of amides is 1. The molecule has 1 fully saturated rings. The Labute approximate surface area is 145 Å². The number of hydrogen-bond acceptors (Lipinski definition) is 4. The molecule has 0 spiro atoms. The summed E-state index contributed by atoms with van der Waals surface area (Å²) in [5.41, 5.74) is 0.797. The first-order valence-electron chi connectivity index (χ1n) is 8.75. The van der Waals surface area contributed by atoms with Gasteiger partial charge in [0.2, 0.25) is 5.91 Å². The van der Waals surface area contributed by atoms with E-state index in [1.165, 1.54) is 0 Å². The number of carbonyl (C=O) groups excluding carboxylic acids is 1. The van der Waals surface area contributed by atoms with Crippen LogP contribution in [0.25, 0.3) is 0 Å². The fourth-order valence-electron chi connectivity index (χ4n) is 3.11. The Morgan fingerprint density at radius 2 is 1.88 bits per heavy atom. The Morgan fingerprint density at radius 3 is 2.42 bits per heavy atom. The van der Waals surface area contributed by atoms with Crippen LogP contribution < -0.4 is 10.1 Å². The van der Waals surface area contributed by atoms with Gasteiger partial charge >= 0.3 is 0 Å². The Morgan fingerprint density at radius 1 is 1.25 bits per heavy atom. The maximum Gasteiger partial charge on any atom is 0.241 e. The summed E-state index contributed by atoms with van der Waals surface area (Å²) >= 11 is 0. The number of benzene rings is 1. The molecule has 1 aromatic carbocycles. The van der Waals surface area contributed by atoms with Crippen molar-refractivity contribution in [3.8, 4) is 5.75 Å². The molecule has 0 bridgehead atoms. The fraction of sp³-hybridized carbons (Fsp3) is 0.632. The van der Waals surface area contributed by atoms with Crippen LogP contribution >= 0.6 is 0 Å². The van der Waals surface area contributed by atoms with E-state index in [0.29, 0.717) is 5.92 Å². The first kappa shape index (κ1) is 18.7. The van der Waals surface area contributed by atoms with E-state index in [1.54, 1.807) is 0 Å². The number of nitrogens with zero attached hydrogens (tertiary/aromatic N) is 1. The molecular formula is C19H30N2O3. The Kier molecular flexibility index (Phi) is 7.06. The monoisotopic (exact) mass is 334 g/mol. The molecule has 5 nitrogen and oxygen atoms in total. The van der Waals surface area contributed by atoms with Crippen LogP contribution in [0, 0.1) is 11.8 Å². The molecule has 134 valence electrons. The Hall–Kier alpha value is -1.59. The van der Waals surface area contributed by atoms with Gasteiger partial charge in [-0.3, -0.25) is 9.69 Å². The molecule has 1 saturated heterocycles. The van der Waals surface area contributed by atoms with E-state index in [4.69, 9.17) is 9.47 Å². The van der Waals surface area contributed by atoms with E-state index in [2.05, 4.69) is 19.2 Å². The molecular weight excluding hydrogens is 304 g/mol. The highest BCUT2D eigenvalue weighted by Gasteiger charge is 2.24. The van der Waals surface area contributed by atoms with Crippen molar-refractivity contribution in [2.24, 2.45) is 11.8 Å². The third kappa shape index (κ3) is 5.49. The van der Waals surface area contributed by atoms with Gasteiger partial charge in [0.15, 0.2) is 0 Å². The second kappa shape index (κ2) is 9.04. The number of carbonyl (C=O) groups is 1. The minimum absolute atomic E-state index is 0.0193. The number of ether oxygens (including phenoxy) is 2. The summed E-state index contributed by atoms with van der Waals surface area (Å²) in [5.74, 6) is 1.69. The van der Waals surface area contributed by atoms with Gasteiger partial charge in [-0.2, -0.15) is 0 Å². The van der Waals surface area contributed by atoms with E-state index >= 15 is 0 Å². The normalized spacial score (nSPS) is 17.1. The summed E-state index contributed by atoms with van der Waals surface area (Å²) < 4.78 is 11.2. The van der Waals surface area contributed by atoms with Gasteiger partial charge in [-0.15, -0.1) is 0 Å². The zero-order chi connectivity index (χ0) is 17.5. The summed E-state index contributed by atoms with van der Waals surface area (Å²) in [4.78, 5) is 14.4. The Balaban J connectivity index is 1.85. The molecule has 1 amide bonds. The van der Waals surface area contributed by atoms with Crippen LogP contribution in [-0.4, -0.2) is 50.8 Å². The zero-order valence-electron chi connectivity index (χ0n) is 15.2. The zero-order valence-corrected chi connectivity index (χ0v) is 15.2. The number of likely N-dealkylation sites (N-methyl/N-ethyl adjacent to an activating group) is 1. The number of rotatable bonds is 7. The lowest BCUT2D eigenvalue weighted by Crippen LogP contribution is -2.43. The van der Waals surface area contributed by atoms with Crippen LogP contribution in [-0.2, 0) is 9.53 Å². The average Bonchev–Trinajstić information content (AvgIpc) is 2.54. The van der Waals surface area contributed by atoms with Crippen molar-refractivity contribution in [3.05, 3.63) is 24.3 Å². The highest BCUT2D eigenvalue weighted by Crippen LogP contribution is 2.20. The highest BCUT2D eigenvalue weighted by atomic mass is 16.5. The quantitative estimate of drug-likeness (QED) is 0.833. The second-order valence-corrected chi connectivity index (χ2v) is 7.03. The van der Waals surface area contributed by atoms with Gasteiger partial charge in [0.1, 0.15) is 5.75 Å². The van der Waals surface area contributed by atoms with E-state index in [1.807, 2.05) is 43.3 Å². The van der Waals surface area contributed by atoms with Crippen molar-refractivity contribution >= 4 is 11.6 Å². The second-order valence-electron chi connectivity index (χ2n) is 7.03. The SMILES string of the molecule is CC(C)C(C(=O)Nc1ccc(OCC2CCOCC2)cc1)N(C)C. The van der Waals surface area contributed by atoms with Crippen molar-refractivity contribution in [1.29, 1.82) is 0 Å². The van der Waals surface area contributed by atoms with Crippen molar-refractivity contribution < 1.29 is 14.3 Å². The van der Waals surface area contributed by atoms with Crippen molar-refractivity contribution in [1.82, 2.24) is 4.90 Å². The lowest BCUT2D eigenvalue weighted by molar-refractivity contribution is -0.121. The van der Waals surface area contributed by atoms with Gasteiger partial charge in [0, 0.05) is 18.9 Å². The molecule has 1 unspecified atom stereocenters. The highest BCUT2D eigenvalue weighted by molar-refractivity contribution is 5.95. The molecule has 0 radical (unpaired) electrons. The van der Waals surface area contributed by atoms with E-state index in [9.17, 15) is 4.79 Å². The van der Waals surface area contributed by atoms with E-state index in [-0.39, 0.29) is 17.9 Å². The van der Waals surface area contributed by atoms with E-state index < -0.39 is 0 Å². The molecule has 0 aliphatic carbocycles. The van der Waals surface area contributed by atoms with Gasteiger partial charge in [-0.25, -0.2) is 0 Å². The van der Waals surface area contributed by atoms with E-state index in [0.717, 1.165) is 44.1 Å². The van der Waals surface area contributed by atoms with Crippen LogP contribution in [0.3, 0.4) is 0 Å². The van der Waals surface area contributed by atoms with Gasteiger partial charge < -0.3 is 14.8 Å². The smallest absolute Gasteiger partial charge is 0.241 e. The standard InChI is InChI=1S/C19H30N2O3/c1-14(2)18(21(3)4)19(22)20-16-5-7-17(8-6-16)24-13-15-9-11-23-12-10-15/h5-8,14-15,18H,9-13H2,1-4H3,(H,20,22). The van der Waals surface area contributed by atoms with Crippen LogP contribution in [0.1, 0.15) is 26.7 Å². The molecule has 1 aliphatic rings. The van der Waals surface area contributed by atoms with Crippen LogP contribution in [0.2, 0.25) is 0 Å². The predicted molar refractivity (Wildman–Crippen MR) is 96.4 cm³/mol. The van der Waals surface area contributed by atoms with Crippen molar-refractivity contribution in [2.45, 2.75) is 32.7 Å². The topological polar surface area (TPSA) is 50.8 Å². The minimum Gasteiger partial charge on any atom is -0.493 e. The molecule has 1 heterocycles. The van der Waals surface area contributed by atoms with Gasteiger partial charge in [0.05, 0.1) is 12.6 Å². The third-order valence-electron chi connectivity index (χ3n) is 4.40. The molecule has 0 saturated carbocycles. The van der Waals surface area contributed by atoms with Crippen LogP contribution in [0.5, 0.6) is 5.75 Å². The summed E-state index contributed by atoms with van der Waals surface area (Å²) in [6.45, 7) is 6.50. The molecule has 1 aliphatic heterocycles. The fourth-order valence-corrected chi connectivity index (χ4v) is 3.11. The summed E-state index contributed by atoms with van der Waals surface area (Å²) in [5, 5.41) is 2.98. The Bertz CT molecular complexity index is 500. The number of hydrogen-bond donors (Lipinski definition) is 1. The molecule has 2 rings (SSSR count). The largest absolute Gasteiger partial charge is 0.493 e. The van der Waals surface area contributed by atoms with Gasteiger partial charge in [0.25, 0.3) is 0 Å².